The summed E-state index contributed by atoms with van der Waals surface area (Å²) in [6.07, 6.45) is 0. The second-order valence-corrected chi connectivity index (χ2v) is 4.86. The molecule has 0 atom stereocenters. The van der Waals surface area contributed by atoms with E-state index >= 15 is 0 Å². The van der Waals surface area contributed by atoms with Gasteiger partial charge in [0, 0.05) is 11.2 Å². The van der Waals surface area contributed by atoms with Gasteiger partial charge in [-0.25, -0.2) is 0 Å². The molecule has 0 aliphatic heterocycles. The summed E-state index contributed by atoms with van der Waals surface area (Å²) in [4.78, 5) is 3.34. The summed E-state index contributed by atoms with van der Waals surface area (Å²) in [7, 11) is 0. The predicted octanol–water partition coefficient (Wildman–Crippen LogP) is 4.32. The fourth-order valence-electron chi connectivity index (χ4n) is 2.50. The number of rotatable bonds is 1. The Balaban J connectivity index is 2.25. The average molecular weight is 246 g/mol. The quantitative estimate of drug-likeness (QED) is 0.682. The first kappa shape index (κ1) is 11.6. The van der Waals surface area contributed by atoms with Crippen molar-refractivity contribution in [1.82, 2.24) is 4.98 Å². The zero-order valence-corrected chi connectivity index (χ0v) is 11.0. The Morgan fingerprint density at radius 3 is 2.68 bits per heavy atom. The van der Waals surface area contributed by atoms with Crippen LogP contribution < -0.4 is 0 Å². The summed E-state index contributed by atoms with van der Waals surface area (Å²) < 4.78 is 0. The van der Waals surface area contributed by atoms with Crippen LogP contribution in [0, 0.1) is 25.2 Å². The first-order valence-corrected chi connectivity index (χ1v) is 6.28. The second kappa shape index (κ2) is 4.29. The molecule has 1 aromatic heterocycles. The normalized spacial score (nSPS) is 10.6. The van der Waals surface area contributed by atoms with Gasteiger partial charge in [-0.1, -0.05) is 30.3 Å². The Hall–Kier alpha value is -2.53. The second-order valence-electron chi connectivity index (χ2n) is 4.86. The fourth-order valence-corrected chi connectivity index (χ4v) is 2.50. The van der Waals surface area contributed by atoms with Crippen LogP contribution in [-0.4, -0.2) is 4.98 Å². The fraction of sp³-hybridized carbons (Fsp3) is 0.118. The standard InChI is InChI=1S/C17H14N2/c1-11-4-3-5-15(16(11)10-18)13-6-7-14-8-12(2)19-17(14)9-13/h3-9,19H,1-2H3. The maximum absolute atomic E-state index is 9.32. The number of aryl methyl sites for hydroxylation is 2. The van der Waals surface area contributed by atoms with Crippen LogP contribution in [0.1, 0.15) is 16.8 Å². The lowest BCUT2D eigenvalue weighted by Gasteiger charge is -2.07. The van der Waals surface area contributed by atoms with Crippen molar-refractivity contribution in [1.29, 1.82) is 5.26 Å². The lowest BCUT2D eigenvalue weighted by molar-refractivity contribution is 1.30. The van der Waals surface area contributed by atoms with Crippen LogP contribution >= 0.6 is 0 Å². The maximum atomic E-state index is 9.32. The summed E-state index contributed by atoms with van der Waals surface area (Å²) in [5.41, 5.74) is 6.11. The van der Waals surface area contributed by atoms with Crippen molar-refractivity contribution in [2.24, 2.45) is 0 Å². The molecule has 0 aliphatic rings. The monoisotopic (exact) mass is 246 g/mol. The van der Waals surface area contributed by atoms with E-state index in [1.54, 1.807) is 0 Å². The van der Waals surface area contributed by atoms with Gasteiger partial charge >= 0.3 is 0 Å². The summed E-state index contributed by atoms with van der Waals surface area (Å²) in [6.45, 7) is 4.02. The molecule has 2 aromatic carbocycles. The third kappa shape index (κ3) is 1.90. The van der Waals surface area contributed by atoms with Gasteiger partial charge in [0.1, 0.15) is 6.07 Å². The van der Waals surface area contributed by atoms with Crippen LogP contribution in [0.2, 0.25) is 0 Å². The Kier molecular flexibility index (Phi) is 2.61. The minimum Gasteiger partial charge on any atom is -0.359 e. The predicted molar refractivity (Wildman–Crippen MR) is 77.9 cm³/mol. The van der Waals surface area contributed by atoms with Gasteiger partial charge in [0.15, 0.2) is 0 Å². The summed E-state index contributed by atoms with van der Waals surface area (Å²) >= 11 is 0. The number of H-pyrrole nitrogens is 1. The van der Waals surface area contributed by atoms with E-state index in [0.717, 1.165) is 33.5 Å². The number of aromatic nitrogens is 1. The van der Waals surface area contributed by atoms with Gasteiger partial charge in [-0.3, -0.25) is 0 Å². The lowest BCUT2D eigenvalue weighted by Crippen LogP contribution is -1.88. The van der Waals surface area contributed by atoms with Crippen molar-refractivity contribution in [2.75, 3.05) is 0 Å². The Morgan fingerprint density at radius 2 is 1.89 bits per heavy atom. The van der Waals surface area contributed by atoms with Crippen LogP contribution in [0.25, 0.3) is 22.0 Å². The molecule has 0 saturated carbocycles. The highest BCUT2D eigenvalue weighted by Crippen LogP contribution is 2.28. The zero-order valence-electron chi connectivity index (χ0n) is 11.0. The molecule has 3 rings (SSSR count). The number of aromatic amines is 1. The number of nitrogens with one attached hydrogen (secondary N) is 1. The van der Waals surface area contributed by atoms with Gasteiger partial charge < -0.3 is 4.98 Å². The minimum absolute atomic E-state index is 0.755. The molecule has 0 amide bonds. The first-order chi connectivity index (χ1) is 9.19. The molecule has 2 heteroatoms. The van der Waals surface area contributed by atoms with Crippen LogP contribution in [0.3, 0.4) is 0 Å². The van der Waals surface area contributed by atoms with E-state index in [9.17, 15) is 5.26 Å². The first-order valence-electron chi connectivity index (χ1n) is 6.28. The van der Waals surface area contributed by atoms with Crippen LogP contribution in [0.4, 0.5) is 0 Å². The van der Waals surface area contributed by atoms with E-state index in [-0.39, 0.29) is 0 Å². The molecule has 0 spiro atoms. The van der Waals surface area contributed by atoms with Gasteiger partial charge in [0.25, 0.3) is 0 Å². The summed E-state index contributed by atoms with van der Waals surface area (Å²) in [5.74, 6) is 0. The van der Waals surface area contributed by atoms with Gasteiger partial charge in [-0.05, 0) is 48.1 Å². The minimum atomic E-state index is 0.755. The maximum Gasteiger partial charge on any atom is 0.100 e. The Labute approximate surface area is 112 Å². The molecule has 1 heterocycles. The van der Waals surface area contributed by atoms with Gasteiger partial charge in [-0.15, -0.1) is 0 Å². The molecule has 0 fully saturated rings. The lowest BCUT2D eigenvalue weighted by atomic mass is 9.96. The van der Waals surface area contributed by atoms with Crippen LogP contribution in [0.15, 0.2) is 42.5 Å². The molecule has 0 aliphatic carbocycles. The Bertz CT molecular complexity index is 804. The van der Waals surface area contributed by atoms with E-state index in [2.05, 4.69) is 35.3 Å². The zero-order chi connectivity index (χ0) is 13.4. The van der Waals surface area contributed by atoms with Crippen molar-refractivity contribution >= 4 is 10.9 Å². The molecule has 0 saturated heterocycles. The van der Waals surface area contributed by atoms with Gasteiger partial charge in [0.2, 0.25) is 0 Å². The van der Waals surface area contributed by atoms with Crippen LogP contribution in [-0.2, 0) is 0 Å². The van der Waals surface area contributed by atoms with Crippen molar-refractivity contribution in [3.8, 4) is 17.2 Å². The number of hydrogen-bond acceptors (Lipinski definition) is 1. The molecule has 1 N–H and O–H groups in total. The van der Waals surface area contributed by atoms with Gasteiger partial charge in [-0.2, -0.15) is 5.26 Å². The SMILES string of the molecule is Cc1cc2ccc(-c3cccc(C)c3C#N)cc2[nH]1. The molecule has 0 unspecified atom stereocenters. The van der Waals surface area contributed by atoms with Crippen molar-refractivity contribution in [2.45, 2.75) is 13.8 Å². The summed E-state index contributed by atoms with van der Waals surface area (Å²) in [5, 5.41) is 10.5. The Morgan fingerprint density at radius 1 is 1.05 bits per heavy atom. The van der Waals surface area contributed by atoms with Crippen molar-refractivity contribution in [3.05, 3.63) is 59.3 Å². The highest BCUT2D eigenvalue weighted by molar-refractivity contribution is 5.86. The molecule has 2 nitrogen and oxygen atoms in total. The van der Waals surface area contributed by atoms with E-state index in [1.165, 1.54) is 5.39 Å². The van der Waals surface area contributed by atoms with E-state index < -0.39 is 0 Å². The summed E-state index contributed by atoms with van der Waals surface area (Å²) in [6, 6.07) is 16.7. The third-order valence-electron chi connectivity index (χ3n) is 3.45. The number of hydrogen-bond donors (Lipinski definition) is 1. The topological polar surface area (TPSA) is 39.6 Å². The number of fused-ring (bicyclic) bond motifs is 1. The number of benzene rings is 2. The average Bonchev–Trinajstić information content (AvgIpc) is 2.77. The molecule has 0 radical (unpaired) electrons. The number of nitriles is 1. The van der Waals surface area contributed by atoms with Gasteiger partial charge in [0.05, 0.1) is 5.56 Å². The van der Waals surface area contributed by atoms with E-state index in [4.69, 9.17) is 0 Å². The third-order valence-corrected chi connectivity index (χ3v) is 3.45. The number of nitrogens with zero attached hydrogens (tertiary/aromatic N) is 1. The highest BCUT2D eigenvalue weighted by Gasteiger charge is 2.08. The smallest absolute Gasteiger partial charge is 0.100 e. The van der Waals surface area contributed by atoms with Crippen molar-refractivity contribution < 1.29 is 0 Å². The van der Waals surface area contributed by atoms with Crippen molar-refractivity contribution in [3.63, 3.8) is 0 Å². The molecular formula is C17H14N2. The van der Waals surface area contributed by atoms with E-state index in [0.29, 0.717) is 0 Å². The van der Waals surface area contributed by atoms with Crippen LogP contribution in [0.5, 0.6) is 0 Å². The molecule has 3 aromatic rings. The highest BCUT2D eigenvalue weighted by atomic mass is 14.7. The molecule has 92 valence electrons. The molecule has 19 heavy (non-hydrogen) atoms. The largest absolute Gasteiger partial charge is 0.359 e. The molecule has 0 bridgehead atoms. The molecular weight excluding hydrogens is 232 g/mol. The van der Waals surface area contributed by atoms with E-state index in [1.807, 2.05) is 32.0 Å².